The van der Waals surface area contributed by atoms with Gasteiger partial charge in [-0.1, -0.05) is 11.8 Å². The van der Waals surface area contributed by atoms with Crippen LogP contribution in [0.4, 0.5) is 0 Å². The topological polar surface area (TPSA) is 57.3 Å². The molecule has 0 aromatic carbocycles. The number of hydrogen-bond donors (Lipinski definition) is 0. The highest BCUT2D eigenvalue weighted by molar-refractivity contribution is 7.99. The Bertz CT molecular complexity index is 1020. The van der Waals surface area contributed by atoms with Gasteiger partial charge in [-0.15, -0.1) is 11.3 Å². The molecule has 1 aliphatic carbocycles. The summed E-state index contributed by atoms with van der Waals surface area (Å²) in [7, 11) is 0. The predicted octanol–water partition coefficient (Wildman–Crippen LogP) is 4.64. The summed E-state index contributed by atoms with van der Waals surface area (Å²) >= 11 is 3.36. The Balaban J connectivity index is 1.55. The average molecular weight is 417 g/mol. The van der Waals surface area contributed by atoms with Crippen molar-refractivity contribution >= 4 is 33.3 Å². The van der Waals surface area contributed by atoms with E-state index in [1.54, 1.807) is 33.9 Å². The lowest BCUT2D eigenvalue weighted by Gasteiger charge is -2.22. The largest absolute Gasteiger partial charge is 0.467 e. The first kappa shape index (κ1) is 18.5. The third-order valence-electron chi connectivity index (χ3n) is 5.61. The molecule has 7 heteroatoms. The highest BCUT2D eigenvalue weighted by Crippen LogP contribution is 2.35. The van der Waals surface area contributed by atoms with E-state index in [9.17, 15) is 4.79 Å². The Morgan fingerprint density at radius 3 is 3.00 bits per heavy atom. The number of aromatic nitrogens is 2. The molecular formula is C21H24N2O3S2. The molecule has 5 rings (SSSR count). The van der Waals surface area contributed by atoms with Crippen LogP contribution in [0.5, 0.6) is 0 Å². The Morgan fingerprint density at radius 2 is 2.18 bits per heavy atom. The van der Waals surface area contributed by atoms with Crippen molar-refractivity contribution in [2.75, 3.05) is 12.4 Å². The fourth-order valence-electron chi connectivity index (χ4n) is 4.13. The maximum absolute atomic E-state index is 13.5. The van der Waals surface area contributed by atoms with E-state index in [1.165, 1.54) is 23.3 Å². The van der Waals surface area contributed by atoms with E-state index < -0.39 is 0 Å². The average Bonchev–Trinajstić information content (AvgIpc) is 3.37. The molecule has 1 aliphatic heterocycles. The van der Waals surface area contributed by atoms with Crippen LogP contribution in [0.1, 0.15) is 48.3 Å². The van der Waals surface area contributed by atoms with Gasteiger partial charge in [-0.3, -0.25) is 9.36 Å². The molecule has 28 heavy (non-hydrogen) atoms. The highest BCUT2D eigenvalue weighted by atomic mass is 32.2. The maximum atomic E-state index is 13.5. The maximum Gasteiger partial charge on any atom is 0.263 e. The van der Waals surface area contributed by atoms with Gasteiger partial charge in [-0.25, -0.2) is 4.98 Å². The Kier molecular flexibility index (Phi) is 5.30. The van der Waals surface area contributed by atoms with E-state index in [2.05, 4.69) is 0 Å². The number of ether oxygens (including phenoxy) is 1. The van der Waals surface area contributed by atoms with E-state index in [-0.39, 0.29) is 11.7 Å². The van der Waals surface area contributed by atoms with Gasteiger partial charge in [-0.2, -0.15) is 0 Å². The molecule has 0 N–H and O–H groups in total. The third-order valence-corrected chi connectivity index (χ3v) is 7.90. The van der Waals surface area contributed by atoms with Crippen LogP contribution >= 0.6 is 23.1 Å². The monoisotopic (exact) mass is 416 g/mol. The van der Waals surface area contributed by atoms with Crippen molar-refractivity contribution in [3.8, 4) is 0 Å². The summed E-state index contributed by atoms with van der Waals surface area (Å²) in [6.07, 6.45) is 9.80. The summed E-state index contributed by atoms with van der Waals surface area (Å²) in [6, 6.07) is 3.78. The lowest BCUT2D eigenvalue weighted by Crippen LogP contribution is -2.26. The summed E-state index contributed by atoms with van der Waals surface area (Å²) in [4.78, 5) is 20.7. The summed E-state index contributed by atoms with van der Waals surface area (Å²) < 4.78 is 13.2. The molecule has 0 saturated carbocycles. The van der Waals surface area contributed by atoms with Crippen molar-refractivity contribution in [2.45, 2.75) is 62.8 Å². The van der Waals surface area contributed by atoms with Crippen LogP contribution in [-0.2, 0) is 24.1 Å². The zero-order valence-corrected chi connectivity index (χ0v) is 17.4. The van der Waals surface area contributed by atoms with E-state index in [1.807, 2.05) is 12.1 Å². The molecule has 1 saturated heterocycles. The number of aryl methyl sites for hydroxylation is 2. The van der Waals surface area contributed by atoms with E-state index >= 15 is 0 Å². The van der Waals surface area contributed by atoms with Gasteiger partial charge < -0.3 is 9.15 Å². The Labute approximate surface area is 172 Å². The van der Waals surface area contributed by atoms with Gasteiger partial charge in [0.05, 0.1) is 24.3 Å². The molecule has 1 fully saturated rings. The molecular weight excluding hydrogens is 392 g/mol. The minimum atomic E-state index is 0.0767. The van der Waals surface area contributed by atoms with Crippen molar-refractivity contribution in [3.05, 3.63) is 45.0 Å². The van der Waals surface area contributed by atoms with Crippen LogP contribution < -0.4 is 5.56 Å². The van der Waals surface area contributed by atoms with Crippen LogP contribution in [0.3, 0.4) is 0 Å². The summed E-state index contributed by atoms with van der Waals surface area (Å²) in [5, 5.41) is 1.62. The lowest BCUT2D eigenvalue weighted by atomic mass is 9.97. The van der Waals surface area contributed by atoms with Crippen molar-refractivity contribution in [1.29, 1.82) is 0 Å². The molecule has 148 valence electrons. The predicted molar refractivity (Wildman–Crippen MR) is 113 cm³/mol. The fraction of sp³-hybridized carbons (Fsp3) is 0.524. The molecule has 5 nitrogen and oxygen atoms in total. The van der Waals surface area contributed by atoms with Gasteiger partial charge >= 0.3 is 0 Å². The fourth-order valence-corrected chi connectivity index (χ4v) is 6.50. The van der Waals surface area contributed by atoms with Gasteiger partial charge in [-0.05, 0) is 62.6 Å². The second kappa shape index (κ2) is 8.05. The normalized spacial score (nSPS) is 19.8. The van der Waals surface area contributed by atoms with Gasteiger partial charge in [0.25, 0.3) is 5.56 Å². The number of thiophene rings is 1. The van der Waals surface area contributed by atoms with E-state index in [0.29, 0.717) is 6.54 Å². The highest BCUT2D eigenvalue weighted by Gasteiger charge is 2.23. The Hall–Kier alpha value is -1.57. The minimum absolute atomic E-state index is 0.0767. The molecule has 0 spiro atoms. The standard InChI is InChI=1S/C21H24N2O3S2/c24-20-18-16-8-1-2-9-17(16)28-19(18)22-21(23(20)12-14-7-5-11-25-14)27-13-15-6-3-4-10-26-15/h5,7,11,15H,1-4,6,8-10,12-13H2/t15-/m1/s1. The van der Waals surface area contributed by atoms with E-state index in [0.717, 1.165) is 65.6 Å². The molecule has 3 aromatic rings. The first-order chi connectivity index (χ1) is 13.8. The Morgan fingerprint density at radius 1 is 1.25 bits per heavy atom. The van der Waals surface area contributed by atoms with Crippen molar-refractivity contribution in [1.82, 2.24) is 9.55 Å². The SMILES string of the molecule is O=c1c2c3c(sc2nc(SC[C@H]2CCCCO2)n1Cc1ccco1)CCCC3. The van der Waals surface area contributed by atoms with Gasteiger partial charge in [0.15, 0.2) is 5.16 Å². The van der Waals surface area contributed by atoms with Gasteiger partial charge in [0, 0.05) is 17.2 Å². The molecule has 2 aliphatic rings. The first-order valence-electron chi connectivity index (χ1n) is 10.1. The van der Waals surface area contributed by atoms with Crippen LogP contribution in [0, 0.1) is 0 Å². The molecule has 3 aromatic heterocycles. The van der Waals surface area contributed by atoms with Crippen LogP contribution in [-0.4, -0.2) is 28.0 Å². The van der Waals surface area contributed by atoms with E-state index in [4.69, 9.17) is 14.1 Å². The molecule has 0 radical (unpaired) electrons. The molecule has 4 heterocycles. The van der Waals surface area contributed by atoms with Crippen LogP contribution in [0.15, 0.2) is 32.8 Å². The smallest absolute Gasteiger partial charge is 0.263 e. The van der Waals surface area contributed by atoms with Crippen molar-refractivity contribution in [2.24, 2.45) is 0 Å². The molecule has 0 amide bonds. The number of thioether (sulfide) groups is 1. The molecule has 1 atom stereocenters. The number of hydrogen-bond acceptors (Lipinski definition) is 6. The number of nitrogens with zero attached hydrogens (tertiary/aromatic N) is 2. The summed E-state index contributed by atoms with van der Waals surface area (Å²) in [5.74, 6) is 1.62. The zero-order chi connectivity index (χ0) is 18.9. The summed E-state index contributed by atoms with van der Waals surface area (Å²) in [6.45, 7) is 1.27. The number of furan rings is 1. The van der Waals surface area contributed by atoms with Crippen LogP contribution in [0.2, 0.25) is 0 Å². The second-order valence-electron chi connectivity index (χ2n) is 7.56. The van der Waals surface area contributed by atoms with Gasteiger partial charge in [0.1, 0.15) is 10.6 Å². The molecule has 0 bridgehead atoms. The number of rotatable bonds is 5. The third kappa shape index (κ3) is 3.55. The second-order valence-corrected chi connectivity index (χ2v) is 9.63. The first-order valence-corrected chi connectivity index (χ1v) is 11.9. The van der Waals surface area contributed by atoms with Gasteiger partial charge in [0.2, 0.25) is 0 Å². The van der Waals surface area contributed by atoms with Crippen LogP contribution in [0.25, 0.3) is 10.2 Å². The summed E-state index contributed by atoms with van der Waals surface area (Å²) in [5.41, 5.74) is 1.32. The quantitative estimate of drug-likeness (QED) is 0.448. The van der Waals surface area contributed by atoms with Crippen molar-refractivity contribution in [3.63, 3.8) is 0 Å². The minimum Gasteiger partial charge on any atom is -0.467 e. The molecule has 0 unspecified atom stereocenters. The number of fused-ring (bicyclic) bond motifs is 3. The lowest BCUT2D eigenvalue weighted by molar-refractivity contribution is 0.0315. The van der Waals surface area contributed by atoms with Crippen molar-refractivity contribution < 1.29 is 9.15 Å². The zero-order valence-electron chi connectivity index (χ0n) is 15.8.